The van der Waals surface area contributed by atoms with Gasteiger partial charge in [-0.25, -0.2) is 0 Å². The zero-order chi connectivity index (χ0) is 16.4. The van der Waals surface area contributed by atoms with Crippen LogP contribution in [0.4, 0.5) is 0 Å². The van der Waals surface area contributed by atoms with E-state index in [0.29, 0.717) is 5.91 Å². The summed E-state index contributed by atoms with van der Waals surface area (Å²) in [4.78, 5) is 14.7. The van der Waals surface area contributed by atoms with E-state index in [1.54, 1.807) is 7.11 Å². The molecule has 0 aromatic heterocycles. The van der Waals surface area contributed by atoms with Crippen molar-refractivity contribution < 1.29 is 14.3 Å². The number of nitrogens with zero attached hydrogens (tertiary/aromatic N) is 1. The summed E-state index contributed by atoms with van der Waals surface area (Å²) < 4.78 is 10.6. The van der Waals surface area contributed by atoms with Gasteiger partial charge in [0.25, 0.3) is 0 Å². The second kappa shape index (κ2) is 6.52. The minimum Gasteiger partial charge on any atom is -0.497 e. The van der Waals surface area contributed by atoms with Gasteiger partial charge in [-0.3, -0.25) is 4.79 Å². The molecule has 1 saturated carbocycles. The highest BCUT2D eigenvalue weighted by atomic mass is 16.5. The molecular weight excluding hydrogens is 290 g/mol. The SMILES string of the molecule is COc1ccc(CC(C)N(C)C(=O)C2CC23CCOCC3)cc1. The molecule has 4 heteroatoms. The van der Waals surface area contributed by atoms with E-state index in [1.165, 1.54) is 5.56 Å². The topological polar surface area (TPSA) is 38.8 Å². The molecule has 1 aromatic rings. The molecule has 1 amide bonds. The monoisotopic (exact) mass is 317 g/mol. The molecule has 0 radical (unpaired) electrons. The molecule has 2 unspecified atom stereocenters. The summed E-state index contributed by atoms with van der Waals surface area (Å²) in [6, 6.07) is 8.30. The summed E-state index contributed by atoms with van der Waals surface area (Å²) in [6.07, 6.45) is 4.01. The van der Waals surface area contributed by atoms with E-state index >= 15 is 0 Å². The summed E-state index contributed by atoms with van der Waals surface area (Å²) in [7, 11) is 3.62. The van der Waals surface area contributed by atoms with Crippen molar-refractivity contribution in [3.8, 4) is 5.75 Å². The van der Waals surface area contributed by atoms with E-state index in [1.807, 2.05) is 24.1 Å². The van der Waals surface area contributed by atoms with Crippen LogP contribution < -0.4 is 4.74 Å². The van der Waals surface area contributed by atoms with Crippen LogP contribution in [-0.2, 0) is 16.0 Å². The number of hydrogen-bond acceptors (Lipinski definition) is 3. The molecule has 1 aromatic carbocycles. The molecule has 1 heterocycles. The molecule has 2 aliphatic rings. The zero-order valence-electron chi connectivity index (χ0n) is 14.4. The van der Waals surface area contributed by atoms with Crippen molar-refractivity contribution in [3.63, 3.8) is 0 Å². The fraction of sp³-hybridized carbons (Fsp3) is 0.632. The van der Waals surface area contributed by atoms with Crippen molar-refractivity contribution >= 4 is 5.91 Å². The second-order valence-electron chi connectivity index (χ2n) is 7.08. The van der Waals surface area contributed by atoms with Gasteiger partial charge in [-0.15, -0.1) is 0 Å². The van der Waals surface area contributed by atoms with Crippen LogP contribution in [0, 0.1) is 11.3 Å². The van der Waals surface area contributed by atoms with E-state index in [4.69, 9.17) is 9.47 Å². The first-order chi connectivity index (χ1) is 11.1. The van der Waals surface area contributed by atoms with Gasteiger partial charge < -0.3 is 14.4 Å². The molecule has 2 atom stereocenters. The Bertz CT molecular complexity index is 548. The maximum Gasteiger partial charge on any atom is 0.226 e. The van der Waals surface area contributed by atoms with Crippen LogP contribution in [0.2, 0.25) is 0 Å². The van der Waals surface area contributed by atoms with Gasteiger partial charge in [0, 0.05) is 32.2 Å². The Balaban J connectivity index is 1.56. The molecule has 4 nitrogen and oxygen atoms in total. The minimum absolute atomic E-state index is 0.202. The number of ether oxygens (including phenoxy) is 2. The second-order valence-corrected chi connectivity index (χ2v) is 7.08. The predicted molar refractivity (Wildman–Crippen MR) is 89.5 cm³/mol. The standard InChI is InChI=1S/C19H27NO3/c1-14(12-15-4-6-16(22-3)7-5-15)20(2)18(21)17-13-19(17)8-10-23-11-9-19/h4-7,14,17H,8-13H2,1-3H3. The number of rotatable bonds is 5. The molecule has 1 saturated heterocycles. The third-order valence-corrected chi connectivity index (χ3v) is 5.68. The van der Waals surface area contributed by atoms with E-state index in [9.17, 15) is 4.79 Å². The zero-order valence-corrected chi connectivity index (χ0v) is 14.4. The molecule has 1 aliphatic carbocycles. The van der Waals surface area contributed by atoms with E-state index in [-0.39, 0.29) is 17.4 Å². The van der Waals surface area contributed by atoms with E-state index in [2.05, 4.69) is 19.1 Å². The molecular formula is C19H27NO3. The van der Waals surface area contributed by atoms with E-state index < -0.39 is 0 Å². The predicted octanol–water partition coefficient (Wildman–Crippen LogP) is 2.90. The summed E-state index contributed by atoms with van der Waals surface area (Å²) >= 11 is 0. The molecule has 0 N–H and O–H groups in total. The average molecular weight is 317 g/mol. The van der Waals surface area contributed by atoms with Crippen molar-refractivity contribution in [2.24, 2.45) is 11.3 Å². The van der Waals surface area contributed by atoms with Crippen molar-refractivity contribution in [1.29, 1.82) is 0 Å². The van der Waals surface area contributed by atoms with Gasteiger partial charge in [0.15, 0.2) is 0 Å². The summed E-state index contributed by atoms with van der Waals surface area (Å²) in [6.45, 7) is 3.75. The Labute approximate surface area is 138 Å². The fourth-order valence-electron chi connectivity index (χ4n) is 3.73. The number of benzene rings is 1. The van der Waals surface area contributed by atoms with Crippen LogP contribution in [0.3, 0.4) is 0 Å². The van der Waals surface area contributed by atoms with Gasteiger partial charge in [-0.2, -0.15) is 0 Å². The Morgan fingerprint density at radius 3 is 2.61 bits per heavy atom. The maximum atomic E-state index is 12.8. The van der Waals surface area contributed by atoms with Gasteiger partial charge in [0.2, 0.25) is 5.91 Å². The molecule has 0 bridgehead atoms. The number of methoxy groups -OCH3 is 1. The van der Waals surface area contributed by atoms with Crippen LogP contribution in [-0.4, -0.2) is 44.2 Å². The normalized spacial score (nSPS) is 23.3. The van der Waals surface area contributed by atoms with Gasteiger partial charge in [-0.1, -0.05) is 12.1 Å². The lowest BCUT2D eigenvalue weighted by Gasteiger charge is -2.28. The number of hydrogen-bond donors (Lipinski definition) is 0. The number of carbonyl (C=O) groups is 1. The third kappa shape index (κ3) is 3.37. The van der Waals surface area contributed by atoms with Crippen molar-refractivity contribution in [3.05, 3.63) is 29.8 Å². The first-order valence-electron chi connectivity index (χ1n) is 8.53. The Hall–Kier alpha value is -1.55. The molecule has 126 valence electrons. The van der Waals surface area contributed by atoms with Crippen molar-refractivity contribution in [2.75, 3.05) is 27.4 Å². The molecule has 23 heavy (non-hydrogen) atoms. The van der Waals surface area contributed by atoms with Gasteiger partial charge in [0.05, 0.1) is 7.11 Å². The Morgan fingerprint density at radius 1 is 1.35 bits per heavy atom. The smallest absolute Gasteiger partial charge is 0.226 e. The van der Waals surface area contributed by atoms with Gasteiger partial charge >= 0.3 is 0 Å². The molecule has 2 fully saturated rings. The van der Waals surface area contributed by atoms with Crippen LogP contribution in [0.15, 0.2) is 24.3 Å². The molecule has 1 spiro atoms. The lowest BCUT2D eigenvalue weighted by Crippen LogP contribution is -2.39. The summed E-state index contributed by atoms with van der Waals surface area (Å²) in [5.41, 5.74) is 1.48. The van der Waals surface area contributed by atoms with Crippen molar-refractivity contribution in [2.45, 2.75) is 38.6 Å². The maximum absolute atomic E-state index is 12.8. The number of carbonyl (C=O) groups excluding carboxylic acids is 1. The van der Waals surface area contributed by atoms with Crippen LogP contribution in [0.25, 0.3) is 0 Å². The Kier molecular flexibility index (Phi) is 4.62. The van der Waals surface area contributed by atoms with Crippen molar-refractivity contribution in [1.82, 2.24) is 4.90 Å². The first kappa shape index (κ1) is 16.3. The highest BCUT2D eigenvalue weighted by molar-refractivity contribution is 5.82. The molecule has 3 rings (SSSR count). The summed E-state index contributed by atoms with van der Waals surface area (Å²) in [5, 5.41) is 0. The largest absolute Gasteiger partial charge is 0.497 e. The van der Waals surface area contributed by atoms with Crippen LogP contribution in [0.5, 0.6) is 5.75 Å². The molecule has 1 aliphatic heterocycles. The average Bonchev–Trinajstić information content (AvgIpc) is 3.27. The Morgan fingerprint density at radius 2 is 2.00 bits per heavy atom. The highest BCUT2D eigenvalue weighted by Crippen LogP contribution is 2.59. The number of amides is 1. The van der Waals surface area contributed by atoms with E-state index in [0.717, 1.165) is 44.6 Å². The van der Waals surface area contributed by atoms with Crippen LogP contribution >= 0.6 is 0 Å². The van der Waals surface area contributed by atoms with Crippen LogP contribution in [0.1, 0.15) is 31.7 Å². The van der Waals surface area contributed by atoms with Gasteiger partial charge in [0.1, 0.15) is 5.75 Å². The number of likely N-dealkylation sites (N-methyl/N-ethyl adjacent to an activating group) is 1. The van der Waals surface area contributed by atoms with Gasteiger partial charge in [-0.05, 0) is 55.7 Å². The lowest BCUT2D eigenvalue weighted by atomic mass is 9.93. The highest BCUT2D eigenvalue weighted by Gasteiger charge is 2.58. The summed E-state index contributed by atoms with van der Waals surface area (Å²) in [5.74, 6) is 1.40. The first-order valence-corrected chi connectivity index (χ1v) is 8.53. The quantitative estimate of drug-likeness (QED) is 0.838. The lowest BCUT2D eigenvalue weighted by molar-refractivity contribution is -0.134. The fourth-order valence-corrected chi connectivity index (χ4v) is 3.73. The third-order valence-electron chi connectivity index (χ3n) is 5.68. The minimum atomic E-state index is 0.202.